The van der Waals surface area contributed by atoms with Gasteiger partial charge in [0.2, 0.25) is 0 Å². The van der Waals surface area contributed by atoms with Crippen molar-refractivity contribution < 1.29 is 9.90 Å². The summed E-state index contributed by atoms with van der Waals surface area (Å²) in [6, 6.07) is 1.06. The Morgan fingerprint density at radius 2 is 2.27 bits per heavy atom. The van der Waals surface area contributed by atoms with Crippen LogP contribution in [0.4, 0.5) is 0 Å². The molecule has 0 radical (unpaired) electrons. The minimum atomic E-state index is -0.978. The first-order valence-electron chi connectivity index (χ1n) is 4.93. The Balaban J connectivity index is 2.89. The van der Waals surface area contributed by atoms with Gasteiger partial charge in [-0.05, 0) is 23.1 Å². The Morgan fingerprint density at radius 1 is 1.60 bits per heavy atom. The fourth-order valence-electron chi connectivity index (χ4n) is 1.50. The summed E-state index contributed by atoms with van der Waals surface area (Å²) in [5.74, 6) is -0.627. The Morgan fingerprint density at radius 3 is 2.80 bits per heavy atom. The molecule has 0 aromatic carbocycles. The third-order valence-corrected chi connectivity index (χ3v) is 2.32. The van der Waals surface area contributed by atoms with Gasteiger partial charge < -0.3 is 10.8 Å². The third-order valence-electron chi connectivity index (χ3n) is 2.32. The predicted octanol–water partition coefficient (Wildman–Crippen LogP) is 1.16. The molecule has 1 heterocycles. The molecule has 0 spiro atoms. The van der Waals surface area contributed by atoms with Gasteiger partial charge in [0.25, 0.3) is 0 Å². The largest absolute Gasteiger partial charge is 0.480 e. The number of nitrogens with zero attached hydrogens (tertiary/aromatic N) is 1. The van der Waals surface area contributed by atoms with Gasteiger partial charge in [0.1, 0.15) is 6.04 Å². The van der Waals surface area contributed by atoms with E-state index in [-0.39, 0.29) is 0 Å². The van der Waals surface area contributed by atoms with Gasteiger partial charge in [-0.2, -0.15) is 0 Å². The lowest BCUT2D eigenvalue weighted by atomic mass is 9.95. The van der Waals surface area contributed by atoms with Gasteiger partial charge >= 0.3 is 5.97 Å². The van der Waals surface area contributed by atoms with Crippen LogP contribution < -0.4 is 5.73 Å². The molecular weight excluding hydrogens is 192 g/mol. The fraction of sp³-hybridized carbons (Fsp3) is 0.455. The number of carboxylic acid groups (broad SMARTS) is 1. The van der Waals surface area contributed by atoms with E-state index in [1.54, 1.807) is 12.4 Å². The second kappa shape index (κ2) is 4.89. The zero-order chi connectivity index (χ0) is 11.4. The molecule has 1 aromatic heterocycles. The molecule has 0 bridgehead atoms. The maximum absolute atomic E-state index is 10.6. The van der Waals surface area contributed by atoms with Crippen molar-refractivity contribution in [2.75, 3.05) is 0 Å². The molecule has 3 N–H and O–H groups in total. The first-order chi connectivity index (χ1) is 7.02. The SMILES string of the molecule is CC(C)c1ccncc1CC(N)C(=O)O. The summed E-state index contributed by atoms with van der Waals surface area (Å²) in [5.41, 5.74) is 7.52. The molecule has 1 rings (SSSR count). The highest BCUT2D eigenvalue weighted by Crippen LogP contribution is 2.19. The lowest BCUT2D eigenvalue weighted by Gasteiger charge is -2.13. The smallest absolute Gasteiger partial charge is 0.320 e. The van der Waals surface area contributed by atoms with Gasteiger partial charge in [-0.1, -0.05) is 13.8 Å². The van der Waals surface area contributed by atoms with Gasteiger partial charge in [0.15, 0.2) is 0 Å². The zero-order valence-electron chi connectivity index (χ0n) is 8.97. The van der Waals surface area contributed by atoms with Crippen LogP contribution in [0.25, 0.3) is 0 Å². The van der Waals surface area contributed by atoms with Crippen LogP contribution in [0.2, 0.25) is 0 Å². The molecule has 0 saturated heterocycles. The summed E-state index contributed by atoms with van der Waals surface area (Å²) in [7, 11) is 0. The molecule has 0 aliphatic carbocycles. The summed E-state index contributed by atoms with van der Waals surface area (Å²) >= 11 is 0. The van der Waals surface area contributed by atoms with Crippen LogP contribution in [0, 0.1) is 0 Å². The summed E-state index contributed by atoms with van der Waals surface area (Å²) in [5, 5.41) is 8.73. The van der Waals surface area contributed by atoms with E-state index in [1.807, 2.05) is 6.07 Å². The van der Waals surface area contributed by atoms with E-state index in [2.05, 4.69) is 18.8 Å². The van der Waals surface area contributed by atoms with Crippen molar-refractivity contribution in [3.05, 3.63) is 29.6 Å². The number of carboxylic acids is 1. The molecule has 0 amide bonds. The highest BCUT2D eigenvalue weighted by molar-refractivity contribution is 5.73. The second-order valence-corrected chi connectivity index (χ2v) is 3.88. The number of pyridine rings is 1. The highest BCUT2D eigenvalue weighted by Gasteiger charge is 2.15. The van der Waals surface area contributed by atoms with Gasteiger partial charge in [0.05, 0.1) is 0 Å². The topological polar surface area (TPSA) is 76.2 Å². The van der Waals surface area contributed by atoms with E-state index in [0.717, 1.165) is 11.1 Å². The van der Waals surface area contributed by atoms with E-state index < -0.39 is 12.0 Å². The van der Waals surface area contributed by atoms with E-state index in [9.17, 15) is 4.79 Å². The quantitative estimate of drug-likeness (QED) is 0.778. The van der Waals surface area contributed by atoms with Crippen molar-refractivity contribution in [1.29, 1.82) is 0 Å². The van der Waals surface area contributed by atoms with Crippen molar-refractivity contribution in [1.82, 2.24) is 4.98 Å². The van der Waals surface area contributed by atoms with Crippen molar-refractivity contribution in [3.63, 3.8) is 0 Å². The summed E-state index contributed by atoms with van der Waals surface area (Å²) in [6.07, 6.45) is 3.74. The maximum atomic E-state index is 10.6. The minimum Gasteiger partial charge on any atom is -0.480 e. The minimum absolute atomic E-state index is 0.330. The van der Waals surface area contributed by atoms with Gasteiger partial charge in [0, 0.05) is 18.8 Å². The Kier molecular flexibility index (Phi) is 3.80. The van der Waals surface area contributed by atoms with Crippen molar-refractivity contribution in [3.8, 4) is 0 Å². The predicted molar refractivity (Wildman–Crippen MR) is 57.6 cm³/mol. The van der Waals surface area contributed by atoms with E-state index in [4.69, 9.17) is 10.8 Å². The van der Waals surface area contributed by atoms with Crippen LogP contribution in [-0.2, 0) is 11.2 Å². The molecule has 82 valence electrons. The normalized spacial score (nSPS) is 12.8. The first-order valence-corrected chi connectivity index (χ1v) is 4.93. The molecule has 4 heteroatoms. The van der Waals surface area contributed by atoms with Gasteiger partial charge in [-0.25, -0.2) is 0 Å². The van der Waals surface area contributed by atoms with Crippen LogP contribution in [0.3, 0.4) is 0 Å². The van der Waals surface area contributed by atoms with Crippen LogP contribution >= 0.6 is 0 Å². The number of carbonyl (C=O) groups is 1. The molecule has 1 atom stereocenters. The van der Waals surface area contributed by atoms with Crippen LogP contribution in [0.1, 0.15) is 30.9 Å². The summed E-state index contributed by atoms with van der Waals surface area (Å²) in [4.78, 5) is 14.6. The summed E-state index contributed by atoms with van der Waals surface area (Å²) < 4.78 is 0. The van der Waals surface area contributed by atoms with Crippen LogP contribution in [-0.4, -0.2) is 22.1 Å². The van der Waals surface area contributed by atoms with Gasteiger partial charge in [-0.3, -0.25) is 9.78 Å². The molecule has 0 aliphatic rings. The molecular formula is C11H16N2O2. The Bertz CT molecular complexity index is 350. The lowest BCUT2D eigenvalue weighted by Crippen LogP contribution is -2.32. The van der Waals surface area contributed by atoms with E-state index in [1.165, 1.54) is 0 Å². The molecule has 0 fully saturated rings. The number of nitrogens with two attached hydrogens (primary N) is 1. The van der Waals surface area contributed by atoms with Crippen LogP contribution in [0.15, 0.2) is 18.5 Å². The average molecular weight is 208 g/mol. The van der Waals surface area contributed by atoms with Crippen molar-refractivity contribution in [2.24, 2.45) is 5.73 Å². The standard InChI is InChI=1S/C11H16N2O2/c1-7(2)9-3-4-13-6-8(9)5-10(12)11(14)15/h3-4,6-7,10H,5,12H2,1-2H3,(H,14,15). The van der Waals surface area contributed by atoms with E-state index in [0.29, 0.717) is 12.3 Å². The van der Waals surface area contributed by atoms with Crippen molar-refractivity contribution in [2.45, 2.75) is 32.2 Å². The Labute approximate surface area is 89.1 Å². The van der Waals surface area contributed by atoms with Crippen LogP contribution in [0.5, 0.6) is 0 Å². The Hall–Kier alpha value is -1.42. The number of rotatable bonds is 4. The summed E-state index contributed by atoms with van der Waals surface area (Å²) in [6.45, 7) is 4.12. The number of hydrogen-bond donors (Lipinski definition) is 2. The van der Waals surface area contributed by atoms with Crippen molar-refractivity contribution >= 4 is 5.97 Å². The molecule has 4 nitrogen and oxygen atoms in total. The molecule has 15 heavy (non-hydrogen) atoms. The molecule has 0 aliphatic heterocycles. The molecule has 1 unspecified atom stereocenters. The molecule has 1 aromatic rings. The number of aromatic nitrogens is 1. The van der Waals surface area contributed by atoms with Gasteiger partial charge in [-0.15, -0.1) is 0 Å². The fourth-order valence-corrected chi connectivity index (χ4v) is 1.50. The molecule has 0 saturated carbocycles. The lowest BCUT2D eigenvalue weighted by molar-refractivity contribution is -0.138. The first kappa shape index (κ1) is 11.7. The third kappa shape index (κ3) is 3.02. The zero-order valence-corrected chi connectivity index (χ0v) is 8.97. The number of hydrogen-bond acceptors (Lipinski definition) is 3. The average Bonchev–Trinajstić information content (AvgIpc) is 2.18. The second-order valence-electron chi connectivity index (χ2n) is 3.88. The monoisotopic (exact) mass is 208 g/mol. The number of aliphatic carboxylic acids is 1. The highest BCUT2D eigenvalue weighted by atomic mass is 16.4. The van der Waals surface area contributed by atoms with E-state index >= 15 is 0 Å². The maximum Gasteiger partial charge on any atom is 0.320 e.